The van der Waals surface area contributed by atoms with Crippen molar-refractivity contribution in [2.24, 2.45) is 5.92 Å². The van der Waals surface area contributed by atoms with Crippen molar-refractivity contribution in [1.82, 2.24) is 5.32 Å². The highest BCUT2D eigenvalue weighted by Gasteiger charge is 2.19. The van der Waals surface area contributed by atoms with Gasteiger partial charge in [-0.1, -0.05) is 19.9 Å². The van der Waals surface area contributed by atoms with E-state index < -0.39 is 0 Å². The van der Waals surface area contributed by atoms with Crippen molar-refractivity contribution in [3.05, 3.63) is 29.3 Å². The number of aliphatic hydroxyl groups is 1. The number of anilines is 1. The molecule has 1 aliphatic rings. The van der Waals surface area contributed by atoms with Crippen molar-refractivity contribution < 1.29 is 5.11 Å². The zero-order chi connectivity index (χ0) is 14.5. The highest BCUT2D eigenvalue weighted by atomic mass is 16.3. The van der Waals surface area contributed by atoms with Gasteiger partial charge in [0, 0.05) is 38.0 Å². The van der Waals surface area contributed by atoms with E-state index in [0.29, 0.717) is 18.6 Å². The molecule has 1 aliphatic heterocycles. The molecule has 3 heteroatoms. The van der Waals surface area contributed by atoms with Crippen LogP contribution in [0.1, 0.15) is 37.8 Å². The Morgan fingerprint density at radius 3 is 2.85 bits per heavy atom. The van der Waals surface area contributed by atoms with Crippen molar-refractivity contribution in [3.8, 4) is 0 Å². The molecule has 3 nitrogen and oxygen atoms in total. The maximum Gasteiger partial charge on any atom is 0.0476 e. The molecule has 0 bridgehead atoms. The molecule has 0 aromatic heterocycles. The van der Waals surface area contributed by atoms with E-state index in [0.717, 1.165) is 26.1 Å². The fourth-order valence-electron chi connectivity index (χ4n) is 2.84. The van der Waals surface area contributed by atoms with E-state index in [9.17, 15) is 5.11 Å². The third kappa shape index (κ3) is 3.97. The molecule has 1 saturated heterocycles. The van der Waals surface area contributed by atoms with Gasteiger partial charge in [0.1, 0.15) is 0 Å². The first-order valence-electron chi connectivity index (χ1n) is 7.79. The molecule has 1 unspecified atom stereocenters. The Hall–Kier alpha value is -1.06. The third-order valence-electron chi connectivity index (χ3n) is 4.17. The fraction of sp³-hybridized carbons (Fsp3) is 0.647. The molecule has 2 rings (SSSR count). The average molecular weight is 276 g/mol. The summed E-state index contributed by atoms with van der Waals surface area (Å²) >= 11 is 0. The van der Waals surface area contributed by atoms with E-state index in [1.54, 1.807) is 0 Å². The second-order valence-electron chi connectivity index (χ2n) is 6.28. The Balaban J connectivity index is 2.04. The predicted octanol–water partition coefficient (Wildman–Crippen LogP) is 2.70. The van der Waals surface area contributed by atoms with E-state index in [1.165, 1.54) is 23.2 Å². The summed E-state index contributed by atoms with van der Waals surface area (Å²) in [7, 11) is 0. The van der Waals surface area contributed by atoms with Gasteiger partial charge in [0.2, 0.25) is 0 Å². The second kappa shape index (κ2) is 7.09. The first-order chi connectivity index (χ1) is 9.60. The summed E-state index contributed by atoms with van der Waals surface area (Å²) in [4.78, 5) is 2.41. The quantitative estimate of drug-likeness (QED) is 0.868. The van der Waals surface area contributed by atoms with Crippen molar-refractivity contribution in [1.29, 1.82) is 0 Å². The summed E-state index contributed by atoms with van der Waals surface area (Å²) in [5.41, 5.74) is 4.02. The molecule has 0 spiro atoms. The van der Waals surface area contributed by atoms with Crippen LogP contribution in [-0.2, 0) is 6.54 Å². The maximum absolute atomic E-state index is 9.34. The molecular formula is C17H28N2O. The number of aryl methyl sites for hydroxylation is 1. The number of rotatable bonds is 5. The molecule has 20 heavy (non-hydrogen) atoms. The zero-order valence-electron chi connectivity index (χ0n) is 13.0. The number of nitrogens with zero attached hydrogens (tertiary/aromatic N) is 1. The average Bonchev–Trinajstić information content (AvgIpc) is 2.46. The SMILES string of the molecule is Cc1cc(N2CCCC(CO)C2)ccc1CNC(C)C. The first kappa shape index (κ1) is 15.3. The van der Waals surface area contributed by atoms with Gasteiger partial charge in [-0.3, -0.25) is 0 Å². The fourth-order valence-corrected chi connectivity index (χ4v) is 2.84. The van der Waals surface area contributed by atoms with Gasteiger partial charge >= 0.3 is 0 Å². The number of nitrogens with one attached hydrogen (secondary N) is 1. The van der Waals surface area contributed by atoms with Gasteiger partial charge in [-0.15, -0.1) is 0 Å². The van der Waals surface area contributed by atoms with Gasteiger partial charge in [-0.2, -0.15) is 0 Å². The van der Waals surface area contributed by atoms with Crippen LogP contribution in [0.5, 0.6) is 0 Å². The molecule has 1 fully saturated rings. The van der Waals surface area contributed by atoms with E-state index in [-0.39, 0.29) is 0 Å². The number of benzene rings is 1. The maximum atomic E-state index is 9.34. The van der Waals surface area contributed by atoms with Crippen LogP contribution in [0.25, 0.3) is 0 Å². The summed E-state index contributed by atoms with van der Waals surface area (Å²) in [6.45, 7) is 9.88. The lowest BCUT2D eigenvalue weighted by molar-refractivity contribution is 0.208. The van der Waals surface area contributed by atoms with E-state index in [4.69, 9.17) is 0 Å². The Kier molecular flexibility index (Phi) is 5.44. The Morgan fingerprint density at radius 2 is 2.20 bits per heavy atom. The lowest BCUT2D eigenvalue weighted by atomic mass is 9.98. The van der Waals surface area contributed by atoms with Crippen LogP contribution in [0.3, 0.4) is 0 Å². The summed E-state index contributed by atoms with van der Waals surface area (Å²) in [6, 6.07) is 7.27. The lowest BCUT2D eigenvalue weighted by Gasteiger charge is -2.34. The molecule has 0 saturated carbocycles. The van der Waals surface area contributed by atoms with Crippen molar-refractivity contribution >= 4 is 5.69 Å². The summed E-state index contributed by atoms with van der Waals surface area (Å²) in [5, 5.41) is 12.8. The van der Waals surface area contributed by atoms with E-state index in [1.807, 2.05) is 0 Å². The van der Waals surface area contributed by atoms with Crippen LogP contribution in [0.4, 0.5) is 5.69 Å². The highest BCUT2D eigenvalue weighted by Crippen LogP contribution is 2.25. The molecule has 1 aromatic rings. The van der Waals surface area contributed by atoms with Crippen molar-refractivity contribution in [3.63, 3.8) is 0 Å². The largest absolute Gasteiger partial charge is 0.396 e. The molecular weight excluding hydrogens is 248 g/mol. The molecule has 0 aliphatic carbocycles. The highest BCUT2D eigenvalue weighted by molar-refractivity contribution is 5.51. The predicted molar refractivity (Wildman–Crippen MR) is 85.2 cm³/mol. The minimum absolute atomic E-state index is 0.311. The van der Waals surface area contributed by atoms with Crippen LogP contribution in [0.15, 0.2) is 18.2 Å². The standard InChI is InChI=1S/C17H28N2O/c1-13(2)18-10-16-6-7-17(9-14(16)3)19-8-4-5-15(11-19)12-20/h6-7,9,13,15,18,20H,4-5,8,10-12H2,1-3H3. The zero-order valence-corrected chi connectivity index (χ0v) is 13.0. The number of hydrogen-bond donors (Lipinski definition) is 2. The minimum Gasteiger partial charge on any atom is -0.396 e. The van der Waals surface area contributed by atoms with Gasteiger partial charge in [0.15, 0.2) is 0 Å². The first-order valence-corrected chi connectivity index (χ1v) is 7.79. The second-order valence-corrected chi connectivity index (χ2v) is 6.28. The van der Waals surface area contributed by atoms with Gasteiger partial charge in [-0.25, -0.2) is 0 Å². The normalized spacial score (nSPS) is 19.6. The Labute approximate surface area is 123 Å². The summed E-state index contributed by atoms with van der Waals surface area (Å²) < 4.78 is 0. The van der Waals surface area contributed by atoms with Crippen LogP contribution in [-0.4, -0.2) is 30.8 Å². The van der Waals surface area contributed by atoms with E-state index >= 15 is 0 Å². The van der Waals surface area contributed by atoms with Gasteiger partial charge in [-0.05, 0) is 48.9 Å². The van der Waals surface area contributed by atoms with Crippen LogP contribution < -0.4 is 10.2 Å². The van der Waals surface area contributed by atoms with Crippen LogP contribution in [0.2, 0.25) is 0 Å². The molecule has 2 N–H and O–H groups in total. The van der Waals surface area contributed by atoms with Crippen molar-refractivity contribution in [2.75, 3.05) is 24.6 Å². The molecule has 0 amide bonds. The molecule has 112 valence electrons. The molecule has 1 aromatic carbocycles. The van der Waals surface area contributed by atoms with Crippen LogP contribution in [0, 0.1) is 12.8 Å². The molecule has 0 radical (unpaired) electrons. The van der Waals surface area contributed by atoms with Gasteiger partial charge in [0.25, 0.3) is 0 Å². The summed E-state index contributed by atoms with van der Waals surface area (Å²) in [5.74, 6) is 0.436. The van der Waals surface area contributed by atoms with Crippen molar-refractivity contribution in [2.45, 2.75) is 46.2 Å². The third-order valence-corrected chi connectivity index (χ3v) is 4.17. The van der Waals surface area contributed by atoms with E-state index in [2.05, 4.69) is 49.2 Å². The monoisotopic (exact) mass is 276 g/mol. The Bertz CT molecular complexity index is 431. The smallest absolute Gasteiger partial charge is 0.0476 e. The number of aliphatic hydroxyl groups excluding tert-OH is 1. The summed E-state index contributed by atoms with van der Waals surface area (Å²) in [6.07, 6.45) is 2.34. The number of hydrogen-bond acceptors (Lipinski definition) is 3. The van der Waals surface area contributed by atoms with Gasteiger partial charge in [0.05, 0.1) is 0 Å². The number of piperidine rings is 1. The van der Waals surface area contributed by atoms with Gasteiger partial charge < -0.3 is 15.3 Å². The topological polar surface area (TPSA) is 35.5 Å². The lowest BCUT2D eigenvalue weighted by Crippen LogP contribution is -2.36. The molecule has 1 atom stereocenters. The molecule has 1 heterocycles. The minimum atomic E-state index is 0.311. The van der Waals surface area contributed by atoms with Crippen LogP contribution >= 0.6 is 0 Å². The Morgan fingerprint density at radius 1 is 1.40 bits per heavy atom.